The van der Waals surface area contributed by atoms with Crippen LogP contribution in [0.4, 0.5) is 13.9 Å². The monoisotopic (exact) mass is 423 g/mol. The number of likely N-dealkylation sites (tertiary alicyclic amines) is 1. The van der Waals surface area contributed by atoms with Crippen LogP contribution in [0.25, 0.3) is 0 Å². The van der Waals surface area contributed by atoms with E-state index < -0.39 is 17.0 Å². The lowest BCUT2D eigenvalue weighted by atomic mass is 9.75. The number of piperidine rings is 1. The maximum absolute atomic E-state index is 14.3. The van der Waals surface area contributed by atoms with E-state index in [1.807, 2.05) is 25.2 Å². The fraction of sp³-hybridized carbons (Fsp3) is 0.524. The van der Waals surface area contributed by atoms with Crippen LogP contribution in [0.3, 0.4) is 0 Å². The standard InChI is InChI=1S/C21H27F2N3O2S/c1-4-28-19(27)21(11-15-6-7-16(22)10-18(15)23)8-5-9-26(14-21)13-17-12-24-20(29-17)25(2)3/h6-7,10,12H,4-5,8-9,11,13-14H2,1-3H3. The van der Waals surface area contributed by atoms with E-state index >= 15 is 0 Å². The van der Waals surface area contributed by atoms with Crippen molar-refractivity contribution in [2.24, 2.45) is 5.41 Å². The van der Waals surface area contributed by atoms with Crippen LogP contribution in [0.2, 0.25) is 0 Å². The van der Waals surface area contributed by atoms with E-state index in [-0.39, 0.29) is 19.0 Å². The fourth-order valence-electron chi connectivity index (χ4n) is 3.86. The zero-order chi connectivity index (χ0) is 21.0. The third-order valence-electron chi connectivity index (χ3n) is 5.21. The second-order valence-corrected chi connectivity index (χ2v) is 8.82. The summed E-state index contributed by atoms with van der Waals surface area (Å²) < 4.78 is 33.0. The minimum absolute atomic E-state index is 0.195. The van der Waals surface area contributed by atoms with Crippen LogP contribution < -0.4 is 4.90 Å². The van der Waals surface area contributed by atoms with Crippen molar-refractivity contribution in [2.75, 3.05) is 38.7 Å². The van der Waals surface area contributed by atoms with Crippen molar-refractivity contribution < 1.29 is 18.3 Å². The van der Waals surface area contributed by atoms with E-state index in [0.717, 1.165) is 29.0 Å². The van der Waals surface area contributed by atoms with Gasteiger partial charge in [0.2, 0.25) is 0 Å². The van der Waals surface area contributed by atoms with Crippen molar-refractivity contribution in [1.29, 1.82) is 0 Å². The minimum atomic E-state index is -0.845. The molecule has 158 valence electrons. The lowest BCUT2D eigenvalue weighted by Gasteiger charge is -2.41. The molecule has 3 rings (SSSR count). The molecule has 1 aromatic carbocycles. The first-order valence-corrected chi connectivity index (χ1v) is 10.6. The predicted octanol–water partition coefficient (Wildman–Crippen LogP) is 3.88. The molecule has 1 aliphatic rings. The van der Waals surface area contributed by atoms with Crippen LogP contribution in [-0.2, 0) is 22.5 Å². The summed E-state index contributed by atoms with van der Waals surface area (Å²) in [4.78, 5) is 22.6. The van der Waals surface area contributed by atoms with Gasteiger partial charge in [-0.3, -0.25) is 9.69 Å². The lowest BCUT2D eigenvalue weighted by molar-refractivity contribution is -0.159. The number of ether oxygens (including phenoxy) is 1. The Morgan fingerprint density at radius 3 is 2.83 bits per heavy atom. The molecule has 1 aliphatic heterocycles. The quantitative estimate of drug-likeness (QED) is 0.633. The second kappa shape index (κ2) is 9.17. The smallest absolute Gasteiger partial charge is 0.313 e. The Kier molecular flexibility index (Phi) is 6.85. The van der Waals surface area contributed by atoms with E-state index in [0.29, 0.717) is 25.1 Å². The molecule has 0 spiro atoms. The highest BCUT2D eigenvalue weighted by Crippen LogP contribution is 2.37. The van der Waals surface area contributed by atoms with Gasteiger partial charge in [0.1, 0.15) is 11.6 Å². The molecule has 1 saturated heterocycles. The number of thiazole rings is 1. The number of hydrogen-bond donors (Lipinski definition) is 0. The first-order valence-electron chi connectivity index (χ1n) is 9.78. The zero-order valence-corrected chi connectivity index (χ0v) is 17.9. The number of esters is 1. The molecule has 2 heterocycles. The van der Waals surface area contributed by atoms with Crippen molar-refractivity contribution in [3.05, 3.63) is 46.5 Å². The Hall–Kier alpha value is -2.06. The third-order valence-corrected chi connectivity index (χ3v) is 6.36. The Balaban J connectivity index is 1.82. The van der Waals surface area contributed by atoms with Crippen LogP contribution in [0.15, 0.2) is 24.4 Å². The summed E-state index contributed by atoms with van der Waals surface area (Å²) in [5.74, 6) is -1.56. The van der Waals surface area contributed by atoms with E-state index in [1.54, 1.807) is 18.3 Å². The molecule has 0 N–H and O–H groups in total. The first kappa shape index (κ1) is 21.6. The molecule has 5 nitrogen and oxygen atoms in total. The number of nitrogens with zero attached hydrogens (tertiary/aromatic N) is 3. The predicted molar refractivity (Wildman–Crippen MR) is 110 cm³/mol. The highest BCUT2D eigenvalue weighted by Gasteiger charge is 2.44. The van der Waals surface area contributed by atoms with Gasteiger partial charge in [-0.2, -0.15) is 0 Å². The van der Waals surface area contributed by atoms with Crippen molar-refractivity contribution in [2.45, 2.75) is 32.7 Å². The van der Waals surface area contributed by atoms with Crippen LogP contribution in [-0.4, -0.2) is 49.6 Å². The molecule has 0 amide bonds. The first-order chi connectivity index (χ1) is 13.8. The number of carbonyl (C=O) groups excluding carboxylic acids is 1. The van der Waals surface area contributed by atoms with Crippen LogP contribution in [0.1, 0.15) is 30.2 Å². The number of hydrogen-bond acceptors (Lipinski definition) is 6. The summed E-state index contributed by atoms with van der Waals surface area (Å²) in [5, 5.41) is 0.932. The van der Waals surface area contributed by atoms with E-state index in [9.17, 15) is 13.6 Å². The van der Waals surface area contributed by atoms with Gasteiger partial charge in [-0.15, -0.1) is 11.3 Å². The number of anilines is 1. The van der Waals surface area contributed by atoms with Crippen molar-refractivity contribution in [3.63, 3.8) is 0 Å². The molecule has 1 aromatic heterocycles. The Bertz CT molecular complexity index is 858. The topological polar surface area (TPSA) is 45.7 Å². The summed E-state index contributed by atoms with van der Waals surface area (Å²) >= 11 is 1.62. The molecule has 8 heteroatoms. The molecule has 1 unspecified atom stereocenters. The third kappa shape index (κ3) is 5.11. The minimum Gasteiger partial charge on any atom is -0.466 e. The number of halogens is 2. The van der Waals surface area contributed by atoms with Gasteiger partial charge >= 0.3 is 5.97 Å². The van der Waals surface area contributed by atoms with Crippen molar-refractivity contribution >= 4 is 22.4 Å². The van der Waals surface area contributed by atoms with Gasteiger partial charge in [-0.1, -0.05) is 6.07 Å². The Morgan fingerprint density at radius 2 is 2.17 bits per heavy atom. The SMILES string of the molecule is CCOC(=O)C1(Cc2ccc(F)cc2F)CCCN(Cc2cnc(N(C)C)s2)C1. The van der Waals surface area contributed by atoms with Crippen LogP contribution >= 0.6 is 11.3 Å². The average Bonchev–Trinajstić information content (AvgIpc) is 3.13. The van der Waals surface area contributed by atoms with Gasteiger partial charge in [-0.25, -0.2) is 13.8 Å². The maximum atomic E-state index is 14.3. The molecule has 0 radical (unpaired) electrons. The maximum Gasteiger partial charge on any atom is 0.313 e. The summed E-state index contributed by atoms with van der Waals surface area (Å²) in [6.45, 7) is 4.04. The van der Waals surface area contributed by atoms with Gasteiger partial charge < -0.3 is 9.64 Å². The Labute approximate surface area is 174 Å². The molecule has 1 fully saturated rings. The van der Waals surface area contributed by atoms with Gasteiger partial charge in [-0.05, 0) is 44.4 Å². The molecule has 0 saturated carbocycles. The van der Waals surface area contributed by atoms with Crippen molar-refractivity contribution in [1.82, 2.24) is 9.88 Å². The molecule has 0 aliphatic carbocycles. The van der Waals surface area contributed by atoms with Crippen molar-refractivity contribution in [3.8, 4) is 0 Å². The highest BCUT2D eigenvalue weighted by atomic mass is 32.1. The number of rotatable bonds is 7. The van der Waals surface area contributed by atoms with Crippen LogP contribution in [0, 0.1) is 17.0 Å². The van der Waals surface area contributed by atoms with E-state index in [4.69, 9.17) is 4.74 Å². The molecule has 0 bridgehead atoms. The molecular formula is C21H27F2N3O2S. The summed E-state index contributed by atoms with van der Waals surface area (Å²) in [5.41, 5.74) is -0.504. The van der Waals surface area contributed by atoms with E-state index in [1.165, 1.54) is 12.1 Å². The summed E-state index contributed by atoms with van der Waals surface area (Å²) in [6.07, 6.45) is 3.48. The molecule has 2 aromatic rings. The Morgan fingerprint density at radius 1 is 1.38 bits per heavy atom. The summed E-state index contributed by atoms with van der Waals surface area (Å²) in [7, 11) is 3.90. The second-order valence-electron chi connectivity index (χ2n) is 7.73. The molecule has 1 atom stereocenters. The fourth-order valence-corrected chi connectivity index (χ4v) is 4.73. The number of carbonyl (C=O) groups is 1. The van der Waals surface area contributed by atoms with Crippen LogP contribution in [0.5, 0.6) is 0 Å². The number of aromatic nitrogens is 1. The zero-order valence-electron chi connectivity index (χ0n) is 17.1. The van der Waals surface area contributed by atoms with E-state index in [2.05, 4.69) is 9.88 Å². The molecule has 29 heavy (non-hydrogen) atoms. The van der Waals surface area contributed by atoms with Gasteiger partial charge in [0.15, 0.2) is 5.13 Å². The normalized spacial score (nSPS) is 19.9. The largest absolute Gasteiger partial charge is 0.466 e. The summed E-state index contributed by atoms with van der Waals surface area (Å²) in [6, 6.07) is 3.53. The van der Waals surface area contributed by atoms with Gasteiger partial charge in [0.05, 0.1) is 12.0 Å². The van der Waals surface area contributed by atoms with Gasteiger partial charge in [0, 0.05) is 44.3 Å². The lowest BCUT2D eigenvalue weighted by Crippen LogP contribution is -2.49. The highest BCUT2D eigenvalue weighted by molar-refractivity contribution is 7.15. The number of benzene rings is 1. The van der Waals surface area contributed by atoms with Gasteiger partial charge in [0.25, 0.3) is 0 Å². The molecular weight excluding hydrogens is 396 g/mol. The average molecular weight is 424 g/mol.